The molecule has 1 aromatic carbocycles. The topological polar surface area (TPSA) is 34.1 Å². The first-order valence-corrected chi connectivity index (χ1v) is 7.03. The first kappa shape index (κ1) is 14.4. The van der Waals surface area contributed by atoms with Crippen LogP contribution in [0.25, 0.3) is 0 Å². The van der Waals surface area contributed by atoms with E-state index in [9.17, 15) is 9.00 Å². The number of Topliss-reactive ketones (excluding diaryl/α,β-unsaturated/α-hetero) is 1. The van der Waals surface area contributed by atoms with Crippen LogP contribution >= 0.6 is 11.6 Å². The number of carbonyl (C=O) groups excluding carboxylic acids is 1. The summed E-state index contributed by atoms with van der Waals surface area (Å²) in [7, 11) is -1.21. The highest BCUT2D eigenvalue weighted by Gasteiger charge is 2.30. The number of rotatable bonds is 3. The molecule has 1 aromatic rings. The summed E-state index contributed by atoms with van der Waals surface area (Å²) in [5, 5.41) is -0.00180. The van der Waals surface area contributed by atoms with E-state index in [0.717, 1.165) is 0 Å². The lowest BCUT2D eigenvalue weighted by atomic mass is 10.1. The third kappa shape index (κ3) is 3.65. The van der Waals surface area contributed by atoms with Crippen molar-refractivity contribution in [1.29, 1.82) is 0 Å². The molecule has 0 radical (unpaired) electrons. The Balaban J connectivity index is 2.95. The first-order chi connectivity index (χ1) is 7.73. The van der Waals surface area contributed by atoms with Crippen LogP contribution in [0.5, 0.6) is 0 Å². The Bertz CT molecular complexity index is 449. The van der Waals surface area contributed by atoms with Crippen molar-refractivity contribution in [2.45, 2.75) is 37.7 Å². The zero-order valence-electron chi connectivity index (χ0n) is 10.5. The highest BCUT2D eigenvalue weighted by atomic mass is 35.5. The maximum atomic E-state index is 12.1. The SMILES string of the molecule is CC(C(=O)c1cccc(Cl)c1)S(=O)C(C)(C)C. The average Bonchev–Trinajstić information content (AvgIpc) is 2.25. The quantitative estimate of drug-likeness (QED) is 0.790. The molecule has 0 amide bonds. The first-order valence-electron chi connectivity index (χ1n) is 5.44. The lowest BCUT2D eigenvalue weighted by Gasteiger charge is -2.22. The van der Waals surface area contributed by atoms with Crippen molar-refractivity contribution < 1.29 is 9.00 Å². The molecule has 2 unspecified atom stereocenters. The van der Waals surface area contributed by atoms with E-state index in [1.807, 2.05) is 20.8 Å². The zero-order valence-corrected chi connectivity index (χ0v) is 12.1. The fourth-order valence-electron chi connectivity index (χ4n) is 1.50. The maximum absolute atomic E-state index is 12.1. The van der Waals surface area contributed by atoms with Crippen LogP contribution in [0.1, 0.15) is 38.1 Å². The van der Waals surface area contributed by atoms with Gasteiger partial charge in [-0.3, -0.25) is 9.00 Å². The molecule has 94 valence electrons. The smallest absolute Gasteiger partial charge is 0.178 e. The standard InChI is InChI=1S/C13H17ClO2S/c1-9(17(16)13(2,3)4)12(15)10-6-5-7-11(14)8-10/h5-9H,1-4H3. The number of ketones is 1. The molecular weight excluding hydrogens is 256 g/mol. The molecule has 2 atom stereocenters. The van der Waals surface area contributed by atoms with E-state index in [4.69, 9.17) is 11.6 Å². The van der Waals surface area contributed by atoms with Crippen molar-refractivity contribution >= 4 is 28.2 Å². The molecule has 0 saturated heterocycles. The lowest BCUT2D eigenvalue weighted by Crippen LogP contribution is -2.34. The van der Waals surface area contributed by atoms with Crippen LogP contribution in [-0.4, -0.2) is 20.0 Å². The van der Waals surface area contributed by atoms with Crippen LogP contribution in [0.2, 0.25) is 5.02 Å². The minimum absolute atomic E-state index is 0.124. The van der Waals surface area contributed by atoms with Gasteiger partial charge in [0.1, 0.15) is 0 Å². The number of carbonyl (C=O) groups is 1. The highest BCUT2D eigenvalue weighted by molar-refractivity contribution is 7.87. The molecule has 0 aliphatic heterocycles. The van der Waals surface area contributed by atoms with Gasteiger partial charge in [0.15, 0.2) is 5.78 Å². The molecule has 0 aliphatic carbocycles. The van der Waals surface area contributed by atoms with Gasteiger partial charge in [-0.05, 0) is 39.8 Å². The molecule has 17 heavy (non-hydrogen) atoms. The Hall–Kier alpha value is -0.670. The Morgan fingerprint density at radius 2 is 1.94 bits per heavy atom. The minimum Gasteiger partial charge on any atom is -0.293 e. The molecule has 0 spiro atoms. The van der Waals surface area contributed by atoms with E-state index in [1.165, 1.54) is 0 Å². The average molecular weight is 273 g/mol. The molecule has 0 heterocycles. The molecular formula is C13H17ClO2S. The predicted octanol–water partition coefficient (Wildman–Crippen LogP) is 3.46. The normalized spacial score (nSPS) is 15.4. The molecule has 4 heteroatoms. The number of benzene rings is 1. The lowest BCUT2D eigenvalue weighted by molar-refractivity contribution is 0.0992. The number of hydrogen-bond donors (Lipinski definition) is 0. The van der Waals surface area contributed by atoms with Crippen LogP contribution in [0, 0.1) is 0 Å². The third-order valence-electron chi connectivity index (χ3n) is 2.40. The van der Waals surface area contributed by atoms with E-state index in [0.29, 0.717) is 10.6 Å². The molecule has 0 N–H and O–H groups in total. The maximum Gasteiger partial charge on any atom is 0.178 e. The van der Waals surface area contributed by atoms with Gasteiger partial charge in [-0.25, -0.2) is 0 Å². The van der Waals surface area contributed by atoms with Crippen molar-refractivity contribution in [3.8, 4) is 0 Å². The van der Waals surface area contributed by atoms with Gasteiger partial charge in [0.05, 0.1) is 5.25 Å². The van der Waals surface area contributed by atoms with E-state index < -0.39 is 20.8 Å². The molecule has 0 aliphatic rings. The van der Waals surface area contributed by atoms with Crippen LogP contribution in [0.3, 0.4) is 0 Å². The Morgan fingerprint density at radius 3 is 2.41 bits per heavy atom. The van der Waals surface area contributed by atoms with E-state index in [1.54, 1.807) is 31.2 Å². The molecule has 0 fully saturated rings. The minimum atomic E-state index is -1.21. The van der Waals surface area contributed by atoms with Gasteiger partial charge in [-0.1, -0.05) is 23.7 Å². The number of halogens is 1. The van der Waals surface area contributed by atoms with Crippen molar-refractivity contribution in [2.75, 3.05) is 0 Å². The summed E-state index contributed by atoms with van der Waals surface area (Å²) in [4.78, 5) is 12.1. The fourth-order valence-corrected chi connectivity index (χ4v) is 3.09. The van der Waals surface area contributed by atoms with Gasteiger partial charge in [-0.2, -0.15) is 0 Å². The second-order valence-electron chi connectivity index (χ2n) is 4.93. The summed E-state index contributed by atoms with van der Waals surface area (Å²) >= 11 is 5.84. The van der Waals surface area contributed by atoms with E-state index in [-0.39, 0.29) is 5.78 Å². The predicted molar refractivity (Wildman–Crippen MR) is 73.1 cm³/mol. The Morgan fingerprint density at radius 1 is 1.35 bits per heavy atom. The van der Waals surface area contributed by atoms with Crippen molar-refractivity contribution in [1.82, 2.24) is 0 Å². The highest BCUT2D eigenvalue weighted by Crippen LogP contribution is 2.20. The summed E-state index contributed by atoms with van der Waals surface area (Å²) in [5.74, 6) is -0.124. The van der Waals surface area contributed by atoms with Crippen molar-refractivity contribution in [2.24, 2.45) is 0 Å². The Kier molecular flexibility index (Phi) is 4.50. The summed E-state index contributed by atoms with van der Waals surface area (Å²) in [5.41, 5.74) is 0.516. The molecule has 0 aromatic heterocycles. The van der Waals surface area contributed by atoms with Crippen molar-refractivity contribution in [3.05, 3.63) is 34.9 Å². The Labute approximate surface area is 110 Å². The van der Waals surface area contributed by atoms with Gasteiger partial charge in [0.25, 0.3) is 0 Å². The van der Waals surface area contributed by atoms with Gasteiger partial charge in [0.2, 0.25) is 0 Å². The zero-order chi connectivity index (χ0) is 13.2. The monoisotopic (exact) mass is 272 g/mol. The van der Waals surface area contributed by atoms with Crippen LogP contribution in [0.15, 0.2) is 24.3 Å². The second kappa shape index (κ2) is 5.32. The van der Waals surface area contributed by atoms with E-state index >= 15 is 0 Å². The summed E-state index contributed by atoms with van der Waals surface area (Å²) in [6, 6.07) is 6.75. The second-order valence-corrected chi connectivity index (χ2v) is 7.89. The van der Waals surface area contributed by atoms with Crippen molar-refractivity contribution in [3.63, 3.8) is 0 Å². The van der Waals surface area contributed by atoms with Gasteiger partial charge in [-0.15, -0.1) is 0 Å². The fraction of sp³-hybridized carbons (Fsp3) is 0.462. The largest absolute Gasteiger partial charge is 0.293 e. The molecule has 1 rings (SSSR count). The van der Waals surface area contributed by atoms with E-state index in [2.05, 4.69) is 0 Å². The third-order valence-corrected chi connectivity index (χ3v) is 4.70. The molecule has 2 nitrogen and oxygen atoms in total. The van der Waals surface area contributed by atoms with Gasteiger partial charge >= 0.3 is 0 Å². The van der Waals surface area contributed by atoms with Crippen LogP contribution in [-0.2, 0) is 10.8 Å². The molecule has 0 saturated carbocycles. The summed E-state index contributed by atoms with van der Waals surface area (Å²) < 4.78 is 11.7. The van der Waals surface area contributed by atoms with Crippen LogP contribution < -0.4 is 0 Å². The number of hydrogen-bond acceptors (Lipinski definition) is 2. The van der Waals surface area contributed by atoms with Crippen LogP contribution in [0.4, 0.5) is 0 Å². The summed E-state index contributed by atoms with van der Waals surface area (Å²) in [6.07, 6.45) is 0. The van der Waals surface area contributed by atoms with Gasteiger partial charge in [0, 0.05) is 26.1 Å². The van der Waals surface area contributed by atoms with Gasteiger partial charge < -0.3 is 0 Å². The summed E-state index contributed by atoms with van der Waals surface area (Å²) in [6.45, 7) is 7.30. The molecule has 0 bridgehead atoms.